The molecule has 0 saturated carbocycles. The molecule has 1 unspecified atom stereocenters. The first-order valence-electron chi connectivity index (χ1n) is 8.71. The van der Waals surface area contributed by atoms with Crippen molar-refractivity contribution in [2.24, 2.45) is 5.73 Å². The van der Waals surface area contributed by atoms with Crippen LogP contribution in [0.4, 0.5) is 4.79 Å². The zero-order chi connectivity index (χ0) is 20.1. The third-order valence-corrected chi connectivity index (χ3v) is 4.88. The first-order chi connectivity index (χ1) is 11.7. The van der Waals surface area contributed by atoms with Crippen LogP contribution >= 0.6 is 0 Å². The number of likely N-dealkylation sites (N-methyl/N-ethyl adjacent to an activating group) is 1. The Hall–Kier alpha value is -1.87. The Kier molecular flexibility index (Phi) is 5.02. The largest absolute Gasteiger partial charge is 0.444 e. The Morgan fingerprint density at radius 1 is 1.19 bits per heavy atom. The van der Waals surface area contributed by atoms with E-state index in [0.717, 1.165) is 0 Å². The number of carbonyl (C=O) groups excluding carboxylic acids is 3. The quantitative estimate of drug-likeness (QED) is 0.639. The van der Waals surface area contributed by atoms with Gasteiger partial charge >= 0.3 is 6.09 Å². The highest BCUT2D eigenvalue weighted by molar-refractivity contribution is 5.98. The van der Waals surface area contributed by atoms with Crippen LogP contribution in [0, 0.1) is 0 Å². The summed E-state index contributed by atoms with van der Waals surface area (Å²) in [7, 11) is 1.81. The molecule has 9 heteroatoms. The molecule has 3 N–H and O–H groups in total. The molecule has 2 aliphatic rings. The van der Waals surface area contributed by atoms with Crippen LogP contribution in [0.5, 0.6) is 0 Å². The molecule has 2 aliphatic heterocycles. The smallest absolute Gasteiger partial charge is 0.410 e. The number of rotatable bonds is 3. The van der Waals surface area contributed by atoms with Gasteiger partial charge in [-0.1, -0.05) is 0 Å². The Morgan fingerprint density at radius 2 is 1.77 bits per heavy atom. The topological polar surface area (TPSA) is 116 Å². The van der Waals surface area contributed by atoms with Crippen LogP contribution < -0.4 is 5.73 Å². The van der Waals surface area contributed by atoms with Gasteiger partial charge in [-0.25, -0.2) is 4.79 Å². The summed E-state index contributed by atoms with van der Waals surface area (Å²) in [6.45, 7) is 9.57. The Labute approximate surface area is 154 Å². The number of hydrogen-bond acceptors (Lipinski definition) is 6. The second-order valence-electron chi connectivity index (χ2n) is 8.75. The molecule has 0 aliphatic carbocycles. The van der Waals surface area contributed by atoms with Crippen LogP contribution in [-0.2, 0) is 14.3 Å². The van der Waals surface area contributed by atoms with Gasteiger partial charge in [0.1, 0.15) is 17.2 Å². The van der Waals surface area contributed by atoms with Crippen molar-refractivity contribution < 1.29 is 24.2 Å². The minimum atomic E-state index is -1.46. The van der Waals surface area contributed by atoms with Gasteiger partial charge in [0, 0.05) is 13.1 Å². The molecule has 2 atom stereocenters. The summed E-state index contributed by atoms with van der Waals surface area (Å²) in [4.78, 5) is 41.8. The van der Waals surface area contributed by atoms with Gasteiger partial charge in [0.15, 0.2) is 0 Å². The van der Waals surface area contributed by atoms with Crippen LogP contribution in [0.1, 0.15) is 34.6 Å². The van der Waals surface area contributed by atoms with Gasteiger partial charge in [-0.2, -0.15) is 0 Å². The molecule has 0 radical (unpaired) electrons. The van der Waals surface area contributed by atoms with Crippen molar-refractivity contribution in [1.82, 2.24) is 14.7 Å². The van der Waals surface area contributed by atoms with Crippen molar-refractivity contribution in [2.45, 2.75) is 57.4 Å². The number of β-lactam (4-membered cyclic amide) rings is 1. The molecule has 9 nitrogen and oxygen atoms in total. The number of amides is 3. The summed E-state index contributed by atoms with van der Waals surface area (Å²) >= 11 is 0. The van der Waals surface area contributed by atoms with E-state index in [1.165, 1.54) is 23.6 Å². The monoisotopic (exact) mass is 370 g/mol. The highest BCUT2D eigenvalue weighted by atomic mass is 16.6. The fraction of sp³-hybridized carbons (Fsp3) is 0.824. The number of primary amides is 1. The molecule has 148 valence electrons. The second kappa shape index (κ2) is 6.38. The fourth-order valence-corrected chi connectivity index (χ4v) is 3.57. The summed E-state index contributed by atoms with van der Waals surface area (Å²) in [5.74, 6) is -1.08. The molecular formula is C17H30N4O5. The third kappa shape index (κ3) is 3.64. The average Bonchev–Trinajstić information content (AvgIpc) is 2.44. The Morgan fingerprint density at radius 3 is 2.19 bits per heavy atom. The lowest BCUT2D eigenvalue weighted by molar-refractivity contribution is -0.184. The van der Waals surface area contributed by atoms with Crippen molar-refractivity contribution >= 4 is 17.9 Å². The standard InChI is InChI=1S/C17H30N4O5/c1-15(2,3)26-14(24)20-8-7-19(6)17(9-20)10-21(13(17)23)11(12(18)22)16(4,5)25/h11,25H,7-10H2,1-6H3,(H2,18,22)/t11-,17?/m1/s1. The van der Waals surface area contributed by atoms with Crippen LogP contribution in [0.2, 0.25) is 0 Å². The van der Waals surface area contributed by atoms with E-state index < -0.39 is 34.8 Å². The number of aliphatic hydroxyl groups is 1. The molecule has 3 amide bonds. The Bertz CT molecular complexity index is 609. The number of piperazine rings is 1. The summed E-state index contributed by atoms with van der Waals surface area (Å²) in [6, 6.07) is -1.12. The van der Waals surface area contributed by atoms with Crippen molar-refractivity contribution in [3.63, 3.8) is 0 Å². The predicted molar refractivity (Wildman–Crippen MR) is 94.2 cm³/mol. The van der Waals surface area contributed by atoms with Crippen molar-refractivity contribution in [3.8, 4) is 0 Å². The van der Waals surface area contributed by atoms with Crippen molar-refractivity contribution in [2.75, 3.05) is 33.2 Å². The minimum absolute atomic E-state index is 0.172. The van der Waals surface area contributed by atoms with Gasteiger partial charge < -0.3 is 25.4 Å². The molecule has 26 heavy (non-hydrogen) atoms. The second-order valence-corrected chi connectivity index (χ2v) is 8.75. The highest BCUT2D eigenvalue weighted by Crippen LogP contribution is 2.36. The van der Waals surface area contributed by atoms with E-state index in [4.69, 9.17) is 10.5 Å². The zero-order valence-electron chi connectivity index (χ0n) is 16.4. The number of hydrogen-bond donors (Lipinski definition) is 2. The van der Waals surface area contributed by atoms with E-state index in [-0.39, 0.29) is 19.0 Å². The minimum Gasteiger partial charge on any atom is -0.444 e. The number of nitrogens with two attached hydrogens (primary N) is 1. The fourth-order valence-electron chi connectivity index (χ4n) is 3.57. The van der Waals surface area contributed by atoms with E-state index in [1.807, 2.05) is 11.9 Å². The lowest BCUT2D eigenvalue weighted by atomic mass is 9.80. The zero-order valence-corrected chi connectivity index (χ0v) is 16.4. The molecule has 0 aromatic heterocycles. The summed E-state index contributed by atoms with van der Waals surface area (Å²) in [5, 5.41) is 10.2. The van der Waals surface area contributed by atoms with Gasteiger partial charge in [0.05, 0.1) is 18.7 Å². The maximum absolute atomic E-state index is 13.0. The Balaban J connectivity index is 2.18. The van der Waals surface area contributed by atoms with E-state index in [2.05, 4.69) is 0 Å². The molecule has 2 saturated heterocycles. The summed E-state index contributed by atoms with van der Waals surface area (Å²) in [6.07, 6.45) is -0.467. The van der Waals surface area contributed by atoms with Crippen LogP contribution in [0.25, 0.3) is 0 Å². The highest BCUT2D eigenvalue weighted by Gasteiger charge is 2.61. The molecule has 2 rings (SSSR count). The third-order valence-electron chi connectivity index (χ3n) is 4.88. The normalized spacial score (nSPS) is 25.9. The first kappa shape index (κ1) is 20.4. The van der Waals surface area contributed by atoms with E-state index in [0.29, 0.717) is 13.1 Å². The lowest BCUT2D eigenvalue weighted by Crippen LogP contribution is -2.83. The molecular weight excluding hydrogens is 340 g/mol. The molecule has 0 aromatic carbocycles. The number of likely N-dealkylation sites (tertiary alicyclic amines) is 1. The maximum Gasteiger partial charge on any atom is 0.410 e. The molecule has 0 bridgehead atoms. The van der Waals surface area contributed by atoms with Crippen LogP contribution in [-0.4, -0.2) is 93.7 Å². The average molecular weight is 370 g/mol. The molecule has 1 spiro atoms. The predicted octanol–water partition coefficient (Wildman–Crippen LogP) is -0.625. The molecule has 2 fully saturated rings. The molecule has 2 heterocycles. The maximum atomic E-state index is 13.0. The summed E-state index contributed by atoms with van der Waals surface area (Å²) < 4.78 is 5.41. The van der Waals surface area contributed by atoms with Gasteiger partial charge in [0.25, 0.3) is 0 Å². The van der Waals surface area contributed by atoms with Crippen molar-refractivity contribution in [3.05, 3.63) is 0 Å². The van der Waals surface area contributed by atoms with Gasteiger partial charge in [-0.3, -0.25) is 14.5 Å². The van der Waals surface area contributed by atoms with E-state index >= 15 is 0 Å². The number of nitrogens with zero attached hydrogens (tertiary/aromatic N) is 3. The van der Waals surface area contributed by atoms with Crippen molar-refractivity contribution in [1.29, 1.82) is 0 Å². The first-order valence-corrected chi connectivity index (χ1v) is 8.71. The van der Waals surface area contributed by atoms with E-state index in [1.54, 1.807) is 20.8 Å². The molecule has 0 aromatic rings. The van der Waals surface area contributed by atoms with Crippen LogP contribution in [0.3, 0.4) is 0 Å². The summed E-state index contributed by atoms with van der Waals surface area (Å²) in [5.41, 5.74) is 2.40. The van der Waals surface area contributed by atoms with Gasteiger partial charge in [-0.05, 0) is 41.7 Å². The van der Waals surface area contributed by atoms with Gasteiger partial charge in [-0.15, -0.1) is 0 Å². The lowest BCUT2D eigenvalue weighted by Gasteiger charge is -2.59. The number of carbonyl (C=O) groups is 3. The number of ether oxygens (including phenoxy) is 1. The SMILES string of the molecule is CN1CCN(C(=O)OC(C)(C)C)CC12CN([C@H](C(N)=O)C(C)(C)O)C2=O. The van der Waals surface area contributed by atoms with Crippen LogP contribution in [0.15, 0.2) is 0 Å². The van der Waals surface area contributed by atoms with Gasteiger partial charge in [0.2, 0.25) is 11.8 Å². The van der Waals surface area contributed by atoms with E-state index in [9.17, 15) is 19.5 Å².